The molecular formula is C21H21ClN2O6S2. The molecule has 0 saturated carbocycles. The summed E-state index contributed by atoms with van der Waals surface area (Å²) in [5.74, 6) is 0.595. The van der Waals surface area contributed by atoms with Gasteiger partial charge in [-0.15, -0.1) is 0 Å². The van der Waals surface area contributed by atoms with Gasteiger partial charge in [-0.1, -0.05) is 17.7 Å². The highest BCUT2D eigenvalue weighted by Gasteiger charge is 2.31. The van der Waals surface area contributed by atoms with Crippen LogP contribution in [0.15, 0.2) is 76.8 Å². The van der Waals surface area contributed by atoms with E-state index in [1.54, 1.807) is 12.1 Å². The van der Waals surface area contributed by atoms with E-state index in [0.29, 0.717) is 16.3 Å². The molecule has 0 spiro atoms. The zero-order chi connectivity index (χ0) is 23.4. The van der Waals surface area contributed by atoms with Gasteiger partial charge >= 0.3 is 0 Å². The maximum absolute atomic E-state index is 13.3. The molecule has 1 heterocycles. The molecule has 11 heteroatoms. The normalized spacial score (nSPS) is 12.8. The van der Waals surface area contributed by atoms with Gasteiger partial charge < -0.3 is 9.47 Å². The first-order valence-corrected chi connectivity index (χ1v) is 12.7. The highest BCUT2D eigenvalue weighted by atomic mass is 35.5. The number of benzene rings is 2. The third kappa shape index (κ3) is 5.21. The second-order valence-electron chi connectivity index (χ2n) is 6.64. The van der Waals surface area contributed by atoms with Gasteiger partial charge in [0.25, 0.3) is 0 Å². The van der Waals surface area contributed by atoms with Crippen LogP contribution < -0.4 is 14.2 Å². The van der Waals surface area contributed by atoms with Gasteiger partial charge in [-0.2, -0.15) is 0 Å². The Bertz CT molecular complexity index is 1280. The molecule has 0 radical (unpaired) electrons. The molecule has 170 valence electrons. The third-order valence-corrected chi connectivity index (χ3v) is 8.49. The minimum atomic E-state index is -4.06. The number of halogens is 1. The number of pyridine rings is 1. The summed E-state index contributed by atoms with van der Waals surface area (Å²) in [6.07, 6.45) is 2.89. The number of sulfonamides is 1. The number of ether oxygens (including phenoxy) is 2. The van der Waals surface area contributed by atoms with Crippen molar-refractivity contribution in [3.05, 3.63) is 77.6 Å². The Morgan fingerprint density at radius 2 is 1.59 bits per heavy atom. The highest BCUT2D eigenvalue weighted by molar-refractivity contribution is 7.92. The molecule has 0 saturated heterocycles. The molecule has 0 aliphatic heterocycles. The second-order valence-corrected chi connectivity index (χ2v) is 11.0. The van der Waals surface area contributed by atoms with Crippen molar-refractivity contribution in [2.45, 2.75) is 15.0 Å². The first-order valence-electron chi connectivity index (χ1n) is 9.30. The van der Waals surface area contributed by atoms with Crippen molar-refractivity contribution in [2.24, 2.45) is 0 Å². The SMILES string of the molecule is COc1ccc(S(=O)(=O)NCC(c2cccnc2)S(=O)(=O)c2ccc(Cl)cc2)cc1OC. The molecule has 2 aromatic carbocycles. The number of rotatable bonds is 9. The van der Waals surface area contributed by atoms with E-state index >= 15 is 0 Å². The van der Waals surface area contributed by atoms with E-state index in [1.807, 2.05) is 0 Å². The van der Waals surface area contributed by atoms with E-state index in [0.717, 1.165) is 0 Å². The Kier molecular flexibility index (Phi) is 7.40. The summed E-state index contributed by atoms with van der Waals surface area (Å²) in [5.41, 5.74) is 0.345. The smallest absolute Gasteiger partial charge is 0.240 e. The molecule has 0 amide bonds. The Hall–Kier alpha value is -2.66. The topological polar surface area (TPSA) is 112 Å². The summed E-state index contributed by atoms with van der Waals surface area (Å²) in [4.78, 5) is 3.90. The number of nitrogens with one attached hydrogen (secondary N) is 1. The Balaban J connectivity index is 1.95. The second kappa shape index (κ2) is 9.86. The maximum atomic E-state index is 13.3. The zero-order valence-electron chi connectivity index (χ0n) is 17.2. The minimum absolute atomic E-state index is 0.0149. The zero-order valence-corrected chi connectivity index (χ0v) is 19.6. The number of sulfone groups is 1. The molecule has 0 fully saturated rings. The van der Waals surface area contributed by atoms with Crippen LogP contribution in [0.1, 0.15) is 10.8 Å². The molecule has 0 aliphatic carbocycles. The van der Waals surface area contributed by atoms with Crippen molar-refractivity contribution in [1.82, 2.24) is 9.71 Å². The van der Waals surface area contributed by atoms with E-state index < -0.39 is 31.7 Å². The quantitative estimate of drug-likeness (QED) is 0.484. The summed E-state index contributed by atoms with van der Waals surface area (Å²) in [6, 6.07) is 12.9. The van der Waals surface area contributed by atoms with Gasteiger partial charge in [0.05, 0.1) is 24.0 Å². The number of hydrogen-bond donors (Lipinski definition) is 1. The number of nitrogens with zero attached hydrogens (tertiary/aromatic N) is 1. The van der Waals surface area contributed by atoms with E-state index in [4.69, 9.17) is 21.1 Å². The lowest BCUT2D eigenvalue weighted by molar-refractivity contribution is 0.354. The fraction of sp³-hybridized carbons (Fsp3) is 0.190. The van der Waals surface area contributed by atoms with Crippen molar-refractivity contribution in [2.75, 3.05) is 20.8 Å². The van der Waals surface area contributed by atoms with Crippen LogP contribution in [0.5, 0.6) is 11.5 Å². The van der Waals surface area contributed by atoms with Crippen LogP contribution in [0.2, 0.25) is 5.02 Å². The Labute approximate surface area is 192 Å². The van der Waals surface area contributed by atoms with Gasteiger partial charge in [0.2, 0.25) is 10.0 Å². The minimum Gasteiger partial charge on any atom is -0.493 e. The Morgan fingerprint density at radius 1 is 0.938 bits per heavy atom. The average Bonchev–Trinajstić information content (AvgIpc) is 2.79. The van der Waals surface area contributed by atoms with E-state index in [1.165, 1.54) is 69.1 Å². The van der Waals surface area contributed by atoms with Crippen LogP contribution >= 0.6 is 11.6 Å². The summed E-state index contributed by atoms with van der Waals surface area (Å²) < 4.78 is 65.2. The average molecular weight is 497 g/mol. The first kappa shape index (κ1) is 24.0. The van der Waals surface area contributed by atoms with Crippen LogP contribution in [0.25, 0.3) is 0 Å². The fourth-order valence-electron chi connectivity index (χ4n) is 3.01. The molecule has 3 rings (SSSR count). The van der Waals surface area contributed by atoms with Crippen molar-refractivity contribution in [3.63, 3.8) is 0 Å². The van der Waals surface area contributed by atoms with Crippen molar-refractivity contribution >= 4 is 31.5 Å². The Morgan fingerprint density at radius 3 is 2.19 bits per heavy atom. The summed E-state index contributed by atoms with van der Waals surface area (Å²) in [7, 11) is -5.21. The van der Waals surface area contributed by atoms with Gasteiger partial charge in [-0.3, -0.25) is 4.98 Å². The van der Waals surface area contributed by atoms with Gasteiger partial charge in [-0.05, 0) is 48.0 Å². The van der Waals surface area contributed by atoms with Crippen molar-refractivity contribution in [3.8, 4) is 11.5 Å². The molecule has 32 heavy (non-hydrogen) atoms. The highest BCUT2D eigenvalue weighted by Crippen LogP contribution is 2.31. The summed E-state index contributed by atoms with van der Waals surface area (Å²) in [5, 5.41) is -0.830. The first-order chi connectivity index (χ1) is 15.2. The lowest BCUT2D eigenvalue weighted by Gasteiger charge is -2.19. The van der Waals surface area contributed by atoms with E-state index in [2.05, 4.69) is 9.71 Å². The number of methoxy groups -OCH3 is 2. The van der Waals surface area contributed by atoms with E-state index in [9.17, 15) is 16.8 Å². The molecule has 3 aromatic rings. The predicted octanol–water partition coefficient (Wildman–Crippen LogP) is 3.25. The summed E-state index contributed by atoms with van der Waals surface area (Å²) >= 11 is 5.88. The monoisotopic (exact) mass is 496 g/mol. The van der Waals surface area contributed by atoms with Crippen LogP contribution in [-0.2, 0) is 19.9 Å². The molecule has 8 nitrogen and oxygen atoms in total. The van der Waals surface area contributed by atoms with Gasteiger partial charge in [0.15, 0.2) is 21.3 Å². The van der Waals surface area contributed by atoms with Crippen LogP contribution in [0.4, 0.5) is 0 Å². The third-order valence-electron chi connectivity index (χ3n) is 4.70. The molecule has 1 aromatic heterocycles. The standard InChI is InChI=1S/C21H21ClN2O6S2/c1-29-19-10-9-18(12-20(19)30-2)32(27,28)24-14-21(15-4-3-11-23-13-15)31(25,26)17-7-5-16(22)6-8-17/h3-13,21,24H,14H2,1-2H3. The largest absolute Gasteiger partial charge is 0.493 e. The molecule has 1 N–H and O–H groups in total. The summed E-state index contributed by atoms with van der Waals surface area (Å²) in [6.45, 7) is -0.409. The van der Waals surface area contributed by atoms with E-state index in [-0.39, 0.29) is 15.5 Å². The molecule has 0 aliphatic rings. The maximum Gasteiger partial charge on any atom is 0.240 e. The van der Waals surface area contributed by atoms with Crippen molar-refractivity contribution in [1.29, 1.82) is 0 Å². The molecule has 1 atom stereocenters. The van der Waals surface area contributed by atoms with Gasteiger partial charge in [-0.25, -0.2) is 21.6 Å². The molecule has 1 unspecified atom stereocenters. The van der Waals surface area contributed by atoms with Crippen LogP contribution in [0.3, 0.4) is 0 Å². The number of hydrogen-bond acceptors (Lipinski definition) is 7. The van der Waals surface area contributed by atoms with Crippen LogP contribution in [0, 0.1) is 0 Å². The fourth-order valence-corrected chi connectivity index (χ4v) is 5.95. The molecular weight excluding hydrogens is 476 g/mol. The molecule has 0 bridgehead atoms. The van der Waals surface area contributed by atoms with Crippen molar-refractivity contribution < 1.29 is 26.3 Å². The predicted molar refractivity (Wildman–Crippen MR) is 120 cm³/mol. The lowest BCUT2D eigenvalue weighted by atomic mass is 10.2. The number of aromatic nitrogens is 1. The van der Waals surface area contributed by atoms with Gasteiger partial charge in [0, 0.05) is 30.0 Å². The van der Waals surface area contributed by atoms with Gasteiger partial charge in [0.1, 0.15) is 5.25 Å². The lowest BCUT2D eigenvalue weighted by Crippen LogP contribution is -2.32. The van der Waals surface area contributed by atoms with Crippen LogP contribution in [-0.4, -0.2) is 42.6 Å².